The molecule has 198 valence electrons. The normalized spacial score (nSPS) is 11.5. The first-order valence-electron chi connectivity index (χ1n) is 11.4. The van der Waals surface area contributed by atoms with E-state index in [4.69, 9.17) is 0 Å². The van der Waals surface area contributed by atoms with Gasteiger partial charge in [-0.25, -0.2) is 22.0 Å². The Balaban J connectivity index is 1.54. The monoisotopic (exact) mass is 550 g/mol. The van der Waals surface area contributed by atoms with Crippen molar-refractivity contribution in [3.8, 4) is 22.4 Å². The third-order valence-electron chi connectivity index (χ3n) is 5.85. The van der Waals surface area contributed by atoms with Gasteiger partial charge in [0.1, 0.15) is 17.3 Å². The van der Waals surface area contributed by atoms with Crippen LogP contribution in [0.3, 0.4) is 0 Å². The Hall–Kier alpha value is -4.97. The molecule has 0 aliphatic rings. The van der Waals surface area contributed by atoms with Crippen LogP contribution in [-0.2, 0) is 10.0 Å². The van der Waals surface area contributed by atoms with Crippen LogP contribution >= 0.6 is 0 Å². The Labute approximate surface area is 220 Å². The molecular weight excluding hydrogens is 530 g/mol. The smallest absolute Gasteiger partial charge is 0.415 e. The molecule has 39 heavy (non-hydrogen) atoms. The Morgan fingerprint density at radius 1 is 0.923 bits per heavy atom. The van der Waals surface area contributed by atoms with Crippen molar-refractivity contribution in [1.29, 1.82) is 0 Å². The number of benzene rings is 3. The first-order chi connectivity index (χ1) is 18.5. The number of sulfonamides is 1. The van der Waals surface area contributed by atoms with Gasteiger partial charge in [0.25, 0.3) is 5.91 Å². The second kappa shape index (κ2) is 9.72. The van der Waals surface area contributed by atoms with E-state index in [1.165, 1.54) is 30.5 Å². The Morgan fingerprint density at radius 2 is 1.69 bits per heavy atom. The third kappa shape index (κ3) is 5.50. The number of anilines is 2. The number of hydrogen-bond acceptors (Lipinski definition) is 4. The fourth-order valence-corrected chi connectivity index (χ4v) is 4.79. The average molecular weight is 551 g/mol. The quantitative estimate of drug-likeness (QED) is 0.214. The highest BCUT2D eigenvalue weighted by Crippen LogP contribution is 2.33. The Kier molecular flexibility index (Phi) is 6.40. The molecule has 0 bridgehead atoms. The van der Waals surface area contributed by atoms with Crippen molar-refractivity contribution in [3.63, 3.8) is 0 Å². The molecule has 0 unspecified atom stereocenters. The maximum atomic E-state index is 14.7. The van der Waals surface area contributed by atoms with Gasteiger partial charge in [-0.15, -0.1) is 0 Å². The molecule has 2 aromatic heterocycles. The number of carbonyl (C=O) groups excluding carboxylic acids is 1. The molecule has 9 nitrogen and oxygen atoms in total. The zero-order chi connectivity index (χ0) is 27.9. The molecule has 5 aromatic rings. The van der Waals surface area contributed by atoms with E-state index in [1.807, 2.05) is 0 Å². The zero-order valence-corrected chi connectivity index (χ0v) is 21.0. The third-order valence-corrected chi connectivity index (χ3v) is 6.46. The predicted molar refractivity (Wildman–Crippen MR) is 143 cm³/mol. The number of nitrogens with zero attached hydrogens (tertiary/aromatic N) is 1. The molecule has 0 fully saturated rings. The van der Waals surface area contributed by atoms with Gasteiger partial charge in [-0.2, -0.15) is 0 Å². The maximum Gasteiger partial charge on any atom is 0.415 e. The van der Waals surface area contributed by atoms with Crippen LogP contribution in [0.5, 0.6) is 0 Å². The number of halogens is 2. The number of amides is 1. The van der Waals surface area contributed by atoms with Crippen LogP contribution in [-0.4, -0.2) is 41.3 Å². The largest absolute Gasteiger partial charge is 0.464 e. The van der Waals surface area contributed by atoms with Gasteiger partial charge in [0.05, 0.1) is 17.6 Å². The van der Waals surface area contributed by atoms with E-state index in [2.05, 4.69) is 15.0 Å². The van der Waals surface area contributed by atoms with Crippen LogP contribution in [0, 0.1) is 11.6 Å². The van der Waals surface area contributed by atoms with Crippen molar-refractivity contribution in [1.82, 2.24) is 9.55 Å². The standard InChI is InChI=1S/C27H20F2N4O5S/c1-39(37,38)32-19-6-4-15-12-24(31-23(15)14-19)26(34)30-20-10-16(21-7-5-18(28)13-22(21)29)9-17(11-20)25-3-2-8-33(25)27(35)36/h2-14,31-32H,1H3,(H,30,34)(H,35,36). The number of nitrogens with one attached hydrogen (secondary N) is 3. The highest BCUT2D eigenvalue weighted by atomic mass is 32.2. The minimum Gasteiger partial charge on any atom is -0.464 e. The predicted octanol–water partition coefficient (Wildman–Crippen LogP) is 5.73. The van der Waals surface area contributed by atoms with Crippen LogP contribution in [0.4, 0.5) is 25.0 Å². The van der Waals surface area contributed by atoms with Crippen LogP contribution in [0.2, 0.25) is 0 Å². The molecule has 1 amide bonds. The minimum atomic E-state index is -3.49. The zero-order valence-electron chi connectivity index (χ0n) is 20.2. The van der Waals surface area contributed by atoms with Crippen LogP contribution in [0.15, 0.2) is 79.0 Å². The molecule has 0 atom stereocenters. The van der Waals surface area contributed by atoms with Gasteiger partial charge in [-0.3, -0.25) is 14.1 Å². The van der Waals surface area contributed by atoms with Crippen LogP contribution in [0.25, 0.3) is 33.3 Å². The molecule has 5 rings (SSSR count). The van der Waals surface area contributed by atoms with Gasteiger partial charge in [-0.05, 0) is 66.2 Å². The maximum absolute atomic E-state index is 14.7. The van der Waals surface area contributed by atoms with Crippen molar-refractivity contribution in [3.05, 3.63) is 96.3 Å². The number of carboxylic acid groups (broad SMARTS) is 1. The summed E-state index contributed by atoms with van der Waals surface area (Å²) in [5.74, 6) is -2.14. The summed E-state index contributed by atoms with van der Waals surface area (Å²) >= 11 is 0. The van der Waals surface area contributed by atoms with E-state index in [-0.39, 0.29) is 28.2 Å². The Bertz CT molecular complexity index is 1880. The molecule has 3 aromatic carbocycles. The first kappa shape index (κ1) is 25.7. The van der Waals surface area contributed by atoms with Crippen molar-refractivity contribution < 1.29 is 31.9 Å². The van der Waals surface area contributed by atoms with Crippen molar-refractivity contribution in [2.75, 3.05) is 16.3 Å². The summed E-state index contributed by atoms with van der Waals surface area (Å²) in [4.78, 5) is 27.8. The number of aromatic nitrogens is 2. The molecule has 0 saturated heterocycles. The molecule has 4 N–H and O–H groups in total. The second-order valence-electron chi connectivity index (χ2n) is 8.78. The number of rotatable bonds is 6. The minimum absolute atomic E-state index is 0.0544. The first-order valence-corrected chi connectivity index (χ1v) is 13.3. The van der Waals surface area contributed by atoms with Crippen LogP contribution < -0.4 is 10.0 Å². The molecule has 0 spiro atoms. The molecular formula is C27H20F2N4O5S. The van der Waals surface area contributed by atoms with E-state index in [0.717, 1.165) is 23.0 Å². The van der Waals surface area contributed by atoms with Crippen LogP contribution in [0.1, 0.15) is 10.5 Å². The van der Waals surface area contributed by atoms with Gasteiger partial charge in [0, 0.05) is 40.0 Å². The van der Waals surface area contributed by atoms with Gasteiger partial charge in [0.15, 0.2) is 0 Å². The van der Waals surface area contributed by atoms with E-state index < -0.39 is 33.7 Å². The lowest BCUT2D eigenvalue weighted by atomic mass is 10.00. The number of carbonyl (C=O) groups is 2. The van der Waals surface area contributed by atoms with E-state index >= 15 is 0 Å². The second-order valence-corrected chi connectivity index (χ2v) is 10.5. The molecule has 2 heterocycles. The molecule has 12 heteroatoms. The number of fused-ring (bicyclic) bond motifs is 1. The number of aromatic amines is 1. The fourth-order valence-electron chi connectivity index (χ4n) is 4.24. The van der Waals surface area contributed by atoms with Crippen molar-refractivity contribution >= 4 is 44.3 Å². The number of hydrogen-bond donors (Lipinski definition) is 4. The van der Waals surface area contributed by atoms with Gasteiger partial charge < -0.3 is 15.4 Å². The summed E-state index contributed by atoms with van der Waals surface area (Å²) in [5.41, 5.74) is 2.20. The lowest BCUT2D eigenvalue weighted by Gasteiger charge is -2.13. The van der Waals surface area contributed by atoms with Gasteiger partial charge in [0.2, 0.25) is 10.0 Å². The number of H-pyrrole nitrogens is 1. The van der Waals surface area contributed by atoms with Crippen molar-refractivity contribution in [2.45, 2.75) is 0 Å². The van der Waals surface area contributed by atoms with Gasteiger partial charge >= 0.3 is 6.09 Å². The van der Waals surface area contributed by atoms with E-state index in [0.29, 0.717) is 22.2 Å². The van der Waals surface area contributed by atoms with Gasteiger partial charge in [-0.1, -0.05) is 6.07 Å². The SMILES string of the molecule is CS(=O)(=O)Nc1ccc2cc(C(=O)Nc3cc(-c4ccc(F)cc4F)cc(-c4cccn4C(=O)O)c3)[nH]c2c1. The highest BCUT2D eigenvalue weighted by Gasteiger charge is 2.17. The summed E-state index contributed by atoms with van der Waals surface area (Å²) in [6, 6.07) is 17.1. The molecule has 0 aliphatic heterocycles. The summed E-state index contributed by atoms with van der Waals surface area (Å²) in [5, 5.41) is 12.9. The molecule has 0 radical (unpaired) electrons. The van der Waals surface area contributed by atoms with E-state index in [1.54, 1.807) is 36.4 Å². The summed E-state index contributed by atoms with van der Waals surface area (Å²) in [7, 11) is -3.49. The lowest BCUT2D eigenvalue weighted by Crippen LogP contribution is -2.13. The average Bonchev–Trinajstić information content (AvgIpc) is 3.50. The summed E-state index contributed by atoms with van der Waals surface area (Å²) in [6.07, 6.45) is 1.14. The van der Waals surface area contributed by atoms with Crippen molar-refractivity contribution in [2.24, 2.45) is 0 Å². The summed E-state index contributed by atoms with van der Waals surface area (Å²) in [6.45, 7) is 0. The summed E-state index contributed by atoms with van der Waals surface area (Å²) < 4.78 is 54.6. The Morgan fingerprint density at radius 3 is 2.41 bits per heavy atom. The molecule has 0 saturated carbocycles. The fraction of sp³-hybridized carbons (Fsp3) is 0.0370. The highest BCUT2D eigenvalue weighted by molar-refractivity contribution is 7.92. The van der Waals surface area contributed by atoms with E-state index in [9.17, 15) is 31.9 Å². The topological polar surface area (TPSA) is 133 Å². The molecule has 0 aliphatic carbocycles. The lowest BCUT2D eigenvalue weighted by molar-refractivity contribution is 0.102.